The summed E-state index contributed by atoms with van der Waals surface area (Å²) in [6, 6.07) is 3.39. The molecule has 0 aromatic heterocycles. The van der Waals surface area contributed by atoms with E-state index in [0.29, 0.717) is 25.1 Å². The Balaban J connectivity index is 2.35. The van der Waals surface area contributed by atoms with E-state index in [1.807, 2.05) is 13.0 Å². The molecule has 0 saturated carbocycles. The highest BCUT2D eigenvalue weighted by molar-refractivity contribution is 5.77. The number of amides is 1. The van der Waals surface area contributed by atoms with Gasteiger partial charge in [-0.1, -0.05) is 6.07 Å². The second kappa shape index (κ2) is 4.84. The van der Waals surface area contributed by atoms with Crippen LogP contribution in [0.4, 0.5) is 4.39 Å². The second-order valence-corrected chi connectivity index (χ2v) is 4.52. The molecule has 0 radical (unpaired) electrons. The van der Waals surface area contributed by atoms with Crippen molar-refractivity contribution in [2.75, 3.05) is 13.1 Å². The van der Waals surface area contributed by atoms with E-state index in [0.717, 1.165) is 11.1 Å². The van der Waals surface area contributed by atoms with Crippen LogP contribution >= 0.6 is 0 Å². The zero-order chi connectivity index (χ0) is 12.4. The summed E-state index contributed by atoms with van der Waals surface area (Å²) < 4.78 is 13.7. The molecule has 0 aliphatic carbocycles. The molecule has 0 spiro atoms. The zero-order valence-electron chi connectivity index (χ0n) is 10.1. The summed E-state index contributed by atoms with van der Waals surface area (Å²) in [4.78, 5) is 11.5. The second-order valence-electron chi connectivity index (χ2n) is 4.52. The van der Waals surface area contributed by atoms with Gasteiger partial charge < -0.3 is 10.6 Å². The molecule has 3 nitrogen and oxygen atoms in total. The van der Waals surface area contributed by atoms with Crippen molar-refractivity contribution in [1.82, 2.24) is 10.6 Å². The number of carbonyl (C=O) groups excluding carboxylic acids is 1. The molecule has 1 saturated heterocycles. The fourth-order valence-electron chi connectivity index (χ4n) is 2.20. The third-order valence-corrected chi connectivity index (χ3v) is 3.13. The SMILES string of the molecule is Cc1cc(F)c(C)c(C2CC(=O)NCCN2)c1. The fraction of sp³-hybridized carbons (Fsp3) is 0.462. The van der Waals surface area contributed by atoms with Crippen LogP contribution in [0.2, 0.25) is 0 Å². The Labute approximate surface area is 100 Å². The molecule has 1 aliphatic rings. The van der Waals surface area contributed by atoms with Crippen molar-refractivity contribution in [1.29, 1.82) is 0 Å². The molecule has 92 valence electrons. The molecule has 0 bridgehead atoms. The Bertz CT molecular complexity index is 445. The first kappa shape index (κ1) is 12.0. The number of nitrogens with one attached hydrogen (secondary N) is 2. The number of carbonyl (C=O) groups is 1. The molecular weight excluding hydrogens is 219 g/mol. The number of benzene rings is 1. The first-order valence-electron chi connectivity index (χ1n) is 5.84. The Kier molecular flexibility index (Phi) is 3.43. The maximum atomic E-state index is 13.7. The number of halogens is 1. The third kappa shape index (κ3) is 2.64. The minimum atomic E-state index is -0.202. The van der Waals surface area contributed by atoms with Gasteiger partial charge in [-0.25, -0.2) is 4.39 Å². The van der Waals surface area contributed by atoms with Crippen LogP contribution < -0.4 is 10.6 Å². The smallest absolute Gasteiger partial charge is 0.221 e. The number of rotatable bonds is 1. The zero-order valence-corrected chi connectivity index (χ0v) is 10.1. The lowest BCUT2D eigenvalue weighted by molar-refractivity contribution is -0.121. The summed E-state index contributed by atoms with van der Waals surface area (Å²) >= 11 is 0. The summed E-state index contributed by atoms with van der Waals surface area (Å²) in [6.45, 7) is 4.96. The summed E-state index contributed by atoms with van der Waals surface area (Å²) in [5, 5.41) is 6.07. The molecular formula is C13H17FN2O. The van der Waals surface area contributed by atoms with Gasteiger partial charge in [-0.2, -0.15) is 0 Å². The summed E-state index contributed by atoms with van der Waals surface area (Å²) in [5.74, 6) is -0.187. The summed E-state index contributed by atoms with van der Waals surface area (Å²) in [6.07, 6.45) is 0.365. The van der Waals surface area contributed by atoms with Crippen LogP contribution in [0.3, 0.4) is 0 Å². The van der Waals surface area contributed by atoms with Crippen molar-refractivity contribution in [3.8, 4) is 0 Å². The van der Waals surface area contributed by atoms with E-state index in [9.17, 15) is 9.18 Å². The van der Waals surface area contributed by atoms with Gasteiger partial charge in [0.15, 0.2) is 0 Å². The van der Waals surface area contributed by atoms with Gasteiger partial charge in [0, 0.05) is 25.6 Å². The minimum Gasteiger partial charge on any atom is -0.355 e. The van der Waals surface area contributed by atoms with Crippen molar-refractivity contribution >= 4 is 5.91 Å². The van der Waals surface area contributed by atoms with Crippen LogP contribution in [0.15, 0.2) is 12.1 Å². The van der Waals surface area contributed by atoms with Crippen molar-refractivity contribution in [2.45, 2.75) is 26.3 Å². The molecule has 1 atom stereocenters. The number of hydrogen-bond donors (Lipinski definition) is 2. The van der Waals surface area contributed by atoms with Gasteiger partial charge in [-0.05, 0) is 36.6 Å². The quantitative estimate of drug-likeness (QED) is 0.777. The van der Waals surface area contributed by atoms with Crippen LogP contribution in [0.1, 0.15) is 29.2 Å². The van der Waals surface area contributed by atoms with E-state index in [1.54, 1.807) is 6.92 Å². The summed E-state index contributed by atoms with van der Waals surface area (Å²) in [7, 11) is 0. The lowest BCUT2D eigenvalue weighted by atomic mass is 9.96. The van der Waals surface area contributed by atoms with E-state index in [-0.39, 0.29) is 17.8 Å². The third-order valence-electron chi connectivity index (χ3n) is 3.13. The molecule has 4 heteroatoms. The Morgan fingerprint density at radius 1 is 1.29 bits per heavy atom. The largest absolute Gasteiger partial charge is 0.355 e. The average molecular weight is 236 g/mol. The van der Waals surface area contributed by atoms with Gasteiger partial charge in [0.05, 0.1) is 0 Å². The van der Waals surface area contributed by atoms with E-state index < -0.39 is 0 Å². The fourth-order valence-corrected chi connectivity index (χ4v) is 2.20. The molecule has 1 aromatic carbocycles. The van der Waals surface area contributed by atoms with Gasteiger partial charge >= 0.3 is 0 Å². The van der Waals surface area contributed by atoms with Gasteiger partial charge in [-0.3, -0.25) is 4.79 Å². The van der Waals surface area contributed by atoms with Crippen LogP contribution in [0, 0.1) is 19.7 Å². The molecule has 2 rings (SSSR count). The van der Waals surface area contributed by atoms with Crippen molar-refractivity contribution < 1.29 is 9.18 Å². The Morgan fingerprint density at radius 3 is 2.82 bits per heavy atom. The molecule has 17 heavy (non-hydrogen) atoms. The molecule has 2 N–H and O–H groups in total. The predicted molar refractivity (Wildman–Crippen MR) is 64.2 cm³/mol. The first-order valence-corrected chi connectivity index (χ1v) is 5.84. The Morgan fingerprint density at radius 2 is 2.06 bits per heavy atom. The van der Waals surface area contributed by atoms with Gasteiger partial charge in [0.1, 0.15) is 5.82 Å². The molecule has 1 amide bonds. The molecule has 1 aliphatic heterocycles. The van der Waals surface area contributed by atoms with Crippen LogP contribution in [-0.2, 0) is 4.79 Å². The van der Waals surface area contributed by atoms with E-state index in [1.165, 1.54) is 6.07 Å². The van der Waals surface area contributed by atoms with Gasteiger partial charge in [-0.15, -0.1) is 0 Å². The maximum Gasteiger partial charge on any atom is 0.221 e. The molecule has 1 fully saturated rings. The van der Waals surface area contributed by atoms with Gasteiger partial charge in [0.2, 0.25) is 5.91 Å². The average Bonchev–Trinajstić information content (AvgIpc) is 2.48. The minimum absolute atomic E-state index is 0.0151. The van der Waals surface area contributed by atoms with E-state index in [4.69, 9.17) is 0 Å². The maximum absolute atomic E-state index is 13.7. The van der Waals surface area contributed by atoms with Gasteiger partial charge in [0.25, 0.3) is 0 Å². The highest BCUT2D eigenvalue weighted by Gasteiger charge is 2.21. The van der Waals surface area contributed by atoms with Crippen LogP contribution in [0.5, 0.6) is 0 Å². The monoisotopic (exact) mass is 236 g/mol. The summed E-state index contributed by atoms with van der Waals surface area (Å²) in [5.41, 5.74) is 2.40. The topological polar surface area (TPSA) is 41.1 Å². The number of aryl methyl sites for hydroxylation is 1. The van der Waals surface area contributed by atoms with Crippen LogP contribution in [-0.4, -0.2) is 19.0 Å². The van der Waals surface area contributed by atoms with Crippen molar-refractivity contribution in [2.24, 2.45) is 0 Å². The molecule has 1 heterocycles. The Hall–Kier alpha value is -1.42. The van der Waals surface area contributed by atoms with E-state index >= 15 is 0 Å². The van der Waals surface area contributed by atoms with E-state index in [2.05, 4.69) is 10.6 Å². The lowest BCUT2D eigenvalue weighted by Crippen LogP contribution is -2.25. The van der Waals surface area contributed by atoms with Crippen molar-refractivity contribution in [3.05, 3.63) is 34.6 Å². The molecule has 1 aromatic rings. The predicted octanol–water partition coefficient (Wildman–Crippen LogP) is 1.59. The highest BCUT2D eigenvalue weighted by atomic mass is 19.1. The first-order chi connectivity index (χ1) is 8.08. The van der Waals surface area contributed by atoms with Crippen LogP contribution in [0.25, 0.3) is 0 Å². The van der Waals surface area contributed by atoms with Crippen molar-refractivity contribution in [3.63, 3.8) is 0 Å². The standard InChI is InChI=1S/C13H17FN2O/c1-8-5-10(9(2)11(14)6-8)12-7-13(17)16-4-3-15-12/h5-6,12,15H,3-4,7H2,1-2H3,(H,16,17). The number of hydrogen-bond acceptors (Lipinski definition) is 2. The normalized spacial score (nSPS) is 20.9. The highest BCUT2D eigenvalue weighted by Crippen LogP contribution is 2.25. The molecule has 1 unspecified atom stereocenters. The lowest BCUT2D eigenvalue weighted by Gasteiger charge is -2.18.